The molecule has 1 aliphatic carbocycles. The first kappa shape index (κ1) is 16.8. The van der Waals surface area contributed by atoms with Crippen LogP contribution in [0.2, 0.25) is 0 Å². The van der Waals surface area contributed by atoms with Crippen LogP contribution in [-0.2, 0) is 4.74 Å². The molecule has 122 valence electrons. The molecule has 0 aromatic heterocycles. The molecule has 0 radical (unpaired) electrons. The third-order valence-electron chi connectivity index (χ3n) is 4.17. The topological polar surface area (TPSA) is 45.7 Å². The molecule has 1 aliphatic rings. The SMILES string of the molecule is CN=C(NCCCOC(C)c1ccccc1)NC1CCCC1. The molecule has 0 bridgehead atoms. The molecule has 4 heteroatoms. The van der Waals surface area contributed by atoms with Crippen LogP contribution in [0.1, 0.15) is 50.7 Å². The number of guanidine groups is 1. The fourth-order valence-corrected chi connectivity index (χ4v) is 2.82. The highest BCUT2D eigenvalue weighted by atomic mass is 16.5. The maximum atomic E-state index is 5.88. The summed E-state index contributed by atoms with van der Waals surface area (Å²) in [5.74, 6) is 0.919. The van der Waals surface area contributed by atoms with Crippen LogP contribution in [0.5, 0.6) is 0 Å². The first-order valence-electron chi connectivity index (χ1n) is 8.43. The predicted octanol–water partition coefficient (Wildman–Crippen LogP) is 3.26. The van der Waals surface area contributed by atoms with Gasteiger partial charge in [-0.2, -0.15) is 0 Å². The van der Waals surface area contributed by atoms with E-state index >= 15 is 0 Å². The average molecular weight is 303 g/mol. The summed E-state index contributed by atoms with van der Waals surface area (Å²) in [7, 11) is 1.83. The Hall–Kier alpha value is -1.55. The highest BCUT2D eigenvalue weighted by molar-refractivity contribution is 5.79. The quantitative estimate of drug-likeness (QED) is 0.462. The van der Waals surface area contributed by atoms with Crippen LogP contribution in [-0.4, -0.2) is 32.2 Å². The Bertz CT molecular complexity index is 441. The Morgan fingerprint density at radius 3 is 2.68 bits per heavy atom. The summed E-state index contributed by atoms with van der Waals surface area (Å²) in [5.41, 5.74) is 1.23. The zero-order valence-electron chi connectivity index (χ0n) is 13.8. The van der Waals surface area contributed by atoms with E-state index < -0.39 is 0 Å². The molecule has 1 saturated carbocycles. The zero-order chi connectivity index (χ0) is 15.6. The summed E-state index contributed by atoms with van der Waals surface area (Å²) in [5, 5.41) is 6.86. The Kier molecular flexibility index (Phi) is 7.23. The lowest BCUT2D eigenvalue weighted by Gasteiger charge is -2.17. The van der Waals surface area contributed by atoms with Gasteiger partial charge in [-0.15, -0.1) is 0 Å². The highest BCUT2D eigenvalue weighted by Crippen LogP contribution is 2.17. The number of benzene rings is 1. The van der Waals surface area contributed by atoms with Crippen LogP contribution in [0.4, 0.5) is 0 Å². The van der Waals surface area contributed by atoms with Crippen molar-refractivity contribution in [2.75, 3.05) is 20.2 Å². The van der Waals surface area contributed by atoms with E-state index in [1.165, 1.54) is 31.2 Å². The number of ether oxygens (including phenoxy) is 1. The van der Waals surface area contributed by atoms with E-state index in [1.54, 1.807) is 0 Å². The van der Waals surface area contributed by atoms with Gasteiger partial charge in [0.2, 0.25) is 0 Å². The summed E-state index contributed by atoms with van der Waals surface area (Å²) in [4.78, 5) is 4.29. The number of hydrogen-bond donors (Lipinski definition) is 2. The van der Waals surface area contributed by atoms with Crippen molar-refractivity contribution >= 4 is 5.96 Å². The smallest absolute Gasteiger partial charge is 0.191 e. The van der Waals surface area contributed by atoms with E-state index in [0.29, 0.717) is 6.04 Å². The van der Waals surface area contributed by atoms with Gasteiger partial charge in [-0.05, 0) is 31.7 Å². The summed E-state index contributed by atoms with van der Waals surface area (Å²) in [6.07, 6.45) is 6.32. The standard InChI is InChI=1S/C18H29N3O/c1-15(16-9-4-3-5-10-16)22-14-8-13-20-18(19-2)21-17-11-6-7-12-17/h3-5,9-10,15,17H,6-8,11-14H2,1-2H3,(H2,19,20,21). The van der Waals surface area contributed by atoms with Crippen LogP contribution in [0.15, 0.2) is 35.3 Å². The molecule has 1 aromatic carbocycles. The molecule has 22 heavy (non-hydrogen) atoms. The first-order chi connectivity index (χ1) is 10.8. The predicted molar refractivity (Wildman–Crippen MR) is 92.2 cm³/mol. The minimum atomic E-state index is 0.150. The van der Waals surface area contributed by atoms with Gasteiger partial charge >= 0.3 is 0 Å². The molecule has 1 unspecified atom stereocenters. The van der Waals surface area contributed by atoms with Gasteiger partial charge in [0.15, 0.2) is 5.96 Å². The van der Waals surface area contributed by atoms with Gasteiger partial charge in [-0.25, -0.2) is 0 Å². The zero-order valence-corrected chi connectivity index (χ0v) is 13.8. The molecule has 0 spiro atoms. The van der Waals surface area contributed by atoms with E-state index in [-0.39, 0.29) is 6.10 Å². The second-order valence-corrected chi connectivity index (χ2v) is 5.90. The Balaban J connectivity index is 1.58. The Labute approximate surface area is 134 Å². The maximum Gasteiger partial charge on any atom is 0.191 e. The van der Waals surface area contributed by atoms with Gasteiger partial charge in [-0.1, -0.05) is 43.2 Å². The number of hydrogen-bond acceptors (Lipinski definition) is 2. The molecular formula is C18H29N3O. The van der Waals surface area contributed by atoms with Crippen LogP contribution in [0.3, 0.4) is 0 Å². The third-order valence-corrected chi connectivity index (χ3v) is 4.17. The summed E-state index contributed by atoms with van der Waals surface area (Å²) in [6, 6.07) is 10.9. The van der Waals surface area contributed by atoms with Crippen molar-refractivity contribution in [1.29, 1.82) is 0 Å². The van der Waals surface area contributed by atoms with Gasteiger partial charge in [0.25, 0.3) is 0 Å². The van der Waals surface area contributed by atoms with Crippen LogP contribution in [0.25, 0.3) is 0 Å². The van der Waals surface area contributed by atoms with Gasteiger partial charge in [0, 0.05) is 26.2 Å². The van der Waals surface area contributed by atoms with Gasteiger partial charge < -0.3 is 15.4 Å². The lowest BCUT2D eigenvalue weighted by atomic mass is 10.1. The Morgan fingerprint density at radius 1 is 1.27 bits per heavy atom. The van der Waals surface area contributed by atoms with E-state index in [2.05, 4.69) is 46.8 Å². The molecule has 0 saturated heterocycles. The maximum absolute atomic E-state index is 5.88. The molecule has 0 aliphatic heterocycles. The van der Waals surface area contributed by atoms with Crippen molar-refractivity contribution in [3.05, 3.63) is 35.9 Å². The van der Waals surface area contributed by atoms with Crippen LogP contribution < -0.4 is 10.6 Å². The molecule has 1 fully saturated rings. The van der Waals surface area contributed by atoms with Crippen molar-refractivity contribution in [1.82, 2.24) is 10.6 Å². The van der Waals surface area contributed by atoms with E-state index in [1.807, 2.05) is 13.1 Å². The second kappa shape index (κ2) is 9.46. The largest absolute Gasteiger partial charge is 0.374 e. The normalized spacial score (nSPS) is 17.5. The van der Waals surface area contributed by atoms with Gasteiger partial charge in [-0.3, -0.25) is 4.99 Å². The fourth-order valence-electron chi connectivity index (χ4n) is 2.82. The van der Waals surface area contributed by atoms with Crippen molar-refractivity contribution in [3.63, 3.8) is 0 Å². The molecule has 0 amide bonds. The number of rotatable bonds is 7. The van der Waals surface area contributed by atoms with Crippen LogP contribution >= 0.6 is 0 Å². The lowest BCUT2D eigenvalue weighted by Crippen LogP contribution is -2.42. The van der Waals surface area contributed by atoms with Crippen LogP contribution in [0, 0.1) is 0 Å². The van der Waals surface area contributed by atoms with Crippen molar-refractivity contribution in [2.45, 2.75) is 51.2 Å². The number of nitrogens with zero attached hydrogens (tertiary/aromatic N) is 1. The van der Waals surface area contributed by atoms with E-state index in [4.69, 9.17) is 4.74 Å². The fraction of sp³-hybridized carbons (Fsp3) is 0.611. The molecule has 1 aromatic rings. The molecule has 2 N–H and O–H groups in total. The summed E-state index contributed by atoms with van der Waals surface area (Å²) in [6.45, 7) is 3.74. The number of aliphatic imine (C=N–C) groups is 1. The van der Waals surface area contributed by atoms with Gasteiger partial charge in [0.1, 0.15) is 0 Å². The van der Waals surface area contributed by atoms with E-state index in [9.17, 15) is 0 Å². The summed E-state index contributed by atoms with van der Waals surface area (Å²) >= 11 is 0. The molecule has 0 heterocycles. The second-order valence-electron chi connectivity index (χ2n) is 5.90. The molecular weight excluding hydrogens is 274 g/mol. The first-order valence-corrected chi connectivity index (χ1v) is 8.43. The molecule has 4 nitrogen and oxygen atoms in total. The average Bonchev–Trinajstić information content (AvgIpc) is 3.07. The summed E-state index contributed by atoms with van der Waals surface area (Å²) < 4.78 is 5.88. The molecule has 1 atom stereocenters. The minimum absolute atomic E-state index is 0.150. The lowest BCUT2D eigenvalue weighted by molar-refractivity contribution is 0.0646. The van der Waals surface area contributed by atoms with Gasteiger partial charge in [0.05, 0.1) is 6.10 Å². The monoisotopic (exact) mass is 303 g/mol. The van der Waals surface area contributed by atoms with Crippen molar-refractivity contribution in [3.8, 4) is 0 Å². The number of nitrogens with one attached hydrogen (secondary N) is 2. The highest BCUT2D eigenvalue weighted by Gasteiger charge is 2.15. The Morgan fingerprint density at radius 2 is 2.00 bits per heavy atom. The van der Waals surface area contributed by atoms with Crippen molar-refractivity contribution < 1.29 is 4.74 Å². The molecule has 2 rings (SSSR count). The van der Waals surface area contributed by atoms with Crippen molar-refractivity contribution in [2.24, 2.45) is 4.99 Å². The van der Waals surface area contributed by atoms with E-state index in [0.717, 1.165) is 25.5 Å². The minimum Gasteiger partial charge on any atom is -0.374 e. The third kappa shape index (κ3) is 5.68.